The van der Waals surface area contributed by atoms with Crippen LogP contribution in [0.3, 0.4) is 0 Å². The van der Waals surface area contributed by atoms with Crippen molar-refractivity contribution in [3.63, 3.8) is 0 Å². The molecular formula is C18H22N2O5S2. The van der Waals surface area contributed by atoms with Crippen LogP contribution in [0.1, 0.15) is 11.1 Å². The Kier molecular flexibility index (Phi) is 5.57. The van der Waals surface area contributed by atoms with Crippen LogP contribution >= 0.6 is 0 Å². The van der Waals surface area contributed by atoms with Crippen molar-refractivity contribution < 1.29 is 21.6 Å². The predicted molar refractivity (Wildman–Crippen MR) is 103 cm³/mol. The van der Waals surface area contributed by atoms with Crippen molar-refractivity contribution >= 4 is 25.7 Å². The van der Waals surface area contributed by atoms with Gasteiger partial charge in [0.25, 0.3) is 10.0 Å². The number of rotatable bonds is 5. The monoisotopic (exact) mass is 410 g/mol. The Morgan fingerprint density at radius 1 is 0.852 bits per heavy atom. The van der Waals surface area contributed by atoms with Gasteiger partial charge >= 0.3 is 0 Å². The van der Waals surface area contributed by atoms with Gasteiger partial charge in [-0.2, -0.15) is 4.31 Å². The number of benzene rings is 2. The molecule has 1 aliphatic rings. The fraction of sp³-hybridized carbons (Fsp3) is 0.333. The molecule has 3 rings (SSSR count). The van der Waals surface area contributed by atoms with Gasteiger partial charge < -0.3 is 4.74 Å². The lowest BCUT2D eigenvalue weighted by Crippen LogP contribution is -2.40. The fourth-order valence-electron chi connectivity index (χ4n) is 2.73. The molecule has 7 nitrogen and oxygen atoms in total. The first kappa shape index (κ1) is 19.8. The Balaban J connectivity index is 1.80. The van der Waals surface area contributed by atoms with Crippen molar-refractivity contribution in [3.05, 3.63) is 53.6 Å². The van der Waals surface area contributed by atoms with E-state index in [-0.39, 0.29) is 9.79 Å². The average Bonchev–Trinajstić information content (AvgIpc) is 2.65. The van der Waals surface area contributed by atoms with Gasteiger partial charge in [-0.05, 0) is 61.4 Å². The summed E-state index contributed by atoms with van der Waals surface area (Å²) in [4.78, 5) is 0.286. The standard InChI is InChI=1S/C18H22N2O5S2/c1-14-3-6-18(13-15(14)2)26(21,22)19-16-4-7-17(8-5-16)27(23,24)20-9-11-25-12-10-20/h3-8,13,19H,9-12H2,1-2H3. The minimum atomic E-state index is -3.75. The third-order valence-corrected chi connectivity index (χ3v) is 7.79. The Morgan fingerprint density at radius 3 is 2.04 bits per heavy atom. The van der Waals surface area contributed by atoms with Crippen molar-refractivity contribution in [2.24, 2.45) is 0 Å². The predicted octanol–water partition coefficient (Wildman–Crippen LogP) is 2.13. The first-order valence-corrected chi connectivity index (χ1v) is 11.4. The molecule has 0 bridgehead atoms. The summed E-state index contributed by atoms with van der Waals surface area (Å²) in [5.41, 5.74) is 2.19. The number of nitrogens with zero attached hydrogens (tertiary/aromatic N) is 1. The highest BCUT2D eigenvalue weighted by molar-refractivity contribution is 7.92. The molecule has 0 spiro atoms. The molecule has 1 saturated heterocycles. The molecular weight excluding hydrogens is 388 g/mol. The molecule has 0 aromatic heterocycles. The molecule has 0 unspecified atom stereocenters. The smallest absolute Gasteiger partial charge is 0.261 e. The molecule has 1 N–H and O–H groups in total. The van der Waals surface area contributed by atoms with Crippen LogP contribution in [0.15, 0.2) is 52.3 Å². The molecule has 1 aliphatic heterocycles. The van der Waals surface area contributed by atoms with Crippen molar-refractivity contribution in [2.45, 2.75) is 23.6 Å². The number of morpholine rings is 1. The van der Waals surface area contributed by atoms with Gasteiger partial charge in [0.05, 0.1) is 23.0 Å². The summed E-state index contributed by atoms with van der Waals surface area (Å²) in [5, 5.41) is 0. The van der Waals surface area contributed by atoms with Crippen LogP contribution in [0.25, 0.3) is 0 Å². The van der Waals surface area contributed by atoms with E-state index < -0.39 is 20.0 Å². The molecule has 0 aliphatic carbocycles. The van der Waals surface area contributed by atoms with Crippen LogP contribution in [0, 0.1) is 13.8 Å². The van der Waals surface area contributed by atoms with Gasteiger partial charge in [0.15, 0.2) is 0 Å². The molecule has 2 aromatic carbocycles. The van der Waals surface area contributed by atoms with E-state index in [2.05, 4.69) is 4.72 Å². The zero-order valence-corrected chi connectivity index (χ0v) is 16.8. The lowest BCUT2D eigenvalue weighted by molar-refractivity contribution is 0.0730. The van der Waals surface area contributed by atoms with Gasteiger partial charge in [0, 0.05) is 18.8 Å². The Bertz CT molecular complexity index is 1030. The minimum Gasteiger partial charge on any atom is -0.379 e. The number of hydrogen-bond acceptors (Lipinski definition) is 5. The number of anilines is 1. The van der Waals surface area contributed by atoms with Gasteiger partial charge in [-0.1, -0.05) is 6.07 Å². The van der Waals surface area contributed by atoms with Gasteiger partial charge in [-0.15, -0.1) is 0 Å². The first-order chi connectivity index (χ1) is 12.7. The SMILES string of the molecule is Cc1ccc(S(=O)(=O)Nc2ccc(S(=O)(=O)N3CCOCC3)cc2)cc1C. The minimum absolute atomic E-state index is 0.124. The van der Waals surface area contributed by atoms with Crippen LogP contribution < -0.4 is 4.72 Å². The summed E-state index contributed by atoms with van der Waals surface area (Å²) in [5.74, 6) is 0. The molecule has 0 saturated carbocycles. The lowest BCUT2D eigenvalue weighted by atomic mass is 10.1. The van der Waals surface area contributed by atoms with Crippen molar-refractivity contribution in [3.8, 4) is 0 Å². The maximum Gasteiger partial charge on any atom is 0.261 e. The molecule has 9 heteroatoms. The van der Waals surface area contributed by atoms with Crippen LogP contribution in [0.4, 0.5) is 5.69 Å². The van der Waals surface area contributed by atoms with Crippen LogP contribution in [-0.4, -0.2) is 47.4 Å². The summed E-state index contributed by atoms with van der Waals surface area (Å²) in [6, 6.07) is 10.6. The van der Waals surface area contributed by atoms with Crippen molar-refractivity contribution in [1.82, 2.24) is 4.31 Å². The largest absolute Gasteiger partial charge is 0.379 e. The van der Waals surface area contributed by atoms with E-state index in [0.29, 0.717) is 32.0 Å². The molecule has 2 aromatic rings. The average molecular weight is 411 g/mol. The highest BCUT2D eigenvalue weighted by Gasteiger charge is 2.26. The second-order valence-electron chi connectivity index (χ2n) is 6.39. The first-order valence-electron chi connectivity index (χ1n) is 8.48. The van der Waals surface area contributed by atoms with Gasteiger partial charge in [-0.25, -0.2) is 16.8 Å². The summed E-state index contributed by atoms with van der Waals surface area (Å²) in [6.45, 7) is 5.11. The molecule has 1 fully saturated rings. The number of ether oxygens (including phenoxy) is 1. The molecule has 0 radical (unpaired) electrons. The Morgan fingerprint density at radius 2 is 1.44 bits per heavy atom. The number of sulfonamides is 2. The summed E-state index contributed by atoms with van der Waals surface area (Å²) < 4.78 is 59.3. The summed E-state index contributed by atoms with van der Waals surface area (Å²) >= 11 is 0. The second-order valence-corrected chi connectivity index (χ2v) is 10.0. The topological polar surface area (TPSA) is 92.8 Å². The molecule has 1 heterocycles. The molecule has 0 atom stereocenters. The third kappa shape index (κ3) is 4.32. The zero-order chi connectivity index (χ0) is 19.7. The van der Waals surface area contributed by atoms with Gasteiger partial charge in [0.2, 0.25) is 10.0 Å². The number of aryl methyl sites for hydroxylation is 2. The van der Waals surface area contributed by atoms with Crippen LogP contribution in [0.2, 0.25) is 0 Å². The van der Waals surface area contributed by atoms with Crippen molar-refractivity contribution in [2.75, 3.05) is 31.0 Å². The maximum atomic E-state index is 12.6. The highest BCUT2D eigenvalue weighted by Crippen LogP contribution is 2.22. The molecule has 146 valence electrons. The van der Waals surface area contributed by atoms with E-state index in [4.69, 9.17) is 4.74 Å². The number of nitrogens with one attached hydrogen (secondary N) is 1. The van der Waals surface area contributed by atoms with Gasteiger partial charge in [0.1, 0.15) is 0 Å². The van der Waals surface area contributed by atoms with Crippen LogP contribution in [-0.2, 0) is 24.8 Å². The fourth-order valence-corrected chi connectivity index (χ4v) is 5.28. The zero-order valence-electron chi connectivity index (χ0n) is 15.2. The van der Waals surface area contributed by atoms with E-state index in [1.807, 2.05) is 13.8 Å². The van der Waals surface area contributed by atoms with E-state index in [9.17, 15) is 16.8 Å². The molecule has 27 heavy (non-hydrogen) atoms. The van der Waals surface area contributed by atoms with E-state index in [0.717, 1.165) is 11.1 Å². The van der Waals surface area contributed by atoms with Gasteiger partial charge in [-0.3, -0.25) is 4.72 Å². The normalized spacial score (nSPS) is 16.2. The van der Waals surface area contributed by atoms with E-state index in [1.54, 1.807) is 18.2 Å². The van der Waals surface area contributed by atoms with Crippen LogP contribution in [0.5, 0.6) is 0 Å². The van der Waals surface area contributed by atoms with E-state index in [1.165, 1.54) is 28.6 Å². The second kappa shape index (κ2) is 7.59. The quantitative estimate of drug-likeness (QED) is 0.815. The maximum absolute atomic E-state index is 12.6. The Hall–Kier alpha value is -1.94. The summed E-state index contributed by atoms with van der Waals surface area (Å²) in [7, 11) is -7.36. The Labute approximate surface area is 160 Å². The summed E-state index contributed by atoms with van der Waals surface area (Å²) in [6.07, 6.45) is 0. The molecule has 0 amide bonds. The number of hydrogen-bond donors (Lipinski definition) is 1. The lowest BCUT2D eigenvalue weighted by Gasteiger charge is -2.26. The van der Waals surface area contributed by atoms with E-state index >= 15 is 0 Å². The third-order valence-electron chi connectivity index (χ3n) is 4.50. The van der Waals surface area contributed by atoms with Crippen molar-refractivity contribution in [1.29, 1.82) is 0 Å². The highest BCUT2D eigenvalue weighted by atomic mass is 32.2.